The van der Waals surface area contributed by atoms with E-state index in [0.29, 0.717) is 0 Å². The largest absolute Gasteiger partial charge is 0.478 e. The summed E-state index contributed by atoms with van der Waals surface area (Å²) >= 11 is 0. The molecule has 0 aliphatic rings. The van der Waals surface area contributed by atoms with Gasteiger partial charge in [-0.05, 0) is 12.1 Å². The predicted octanol–water partition coefficient (Wildman–Crippen LogP) is 1.79. The molecule has 0 aliphatic carbocycles. The Hall–Kier alpha value is -2.22. The SMILES string of the molecule is O=C(NCCOCC(F)F)Nc1ccccc1C(=O)O. The van der Waals surface area contributed by atoms with E-state index in [2.05, 4.69) is 15.4 Å². The summed E-state index contributed by atoms with van der Waals surface area (Å²) in [6.45, 7) is -0.711. The van der Waals surface area contributed by atoms with Crippen LogP contribution >= 0.6 is 0 Å². The van der Waals surface area contributed by atoms with Crippen LogP contribution in [-0.2, 0) is 4.74 Å². The van der Waals surface area contributed by atoms with Gasteiger partial charge in [0.25, 0.3) is 6.43 Å². The molecule has 0 radical (unpaired) electrons. The van der Waals surface area contributed by atoms with Crippen LogP contribution in [0.15, 0.2) is 24.3 Å². The summed E-state index contributed by atoms with van der Waals surface area (Å²) in [5.41, 5.74) is 0.0996. The minimum absolute atomic E-state index is 0.0355. The number of carbonyl (C=O) groups excluding carboxylic acids is 1. The van der Waals surface area contributed by atoms with Crippen LogP contribution in [0.4, 0.5) is 19.3 Å². The van der Waals surface area contributed by atoms with Gasteiger partial charge in [0.1, 0.15) is 6.61 Å². The molecule has 0 heterocycles. The average Bonchev–Trinajstić information content (AvgIpc) is 2.38. The van der Waals surface area contributed by atoms with E-state index in [4.69, 9.17) is 5.11 Å². The highest BCUT2D eigenvalue weighted by Gasteiger charge is 2.11. The fourth-order valence-electron chi connectivity index (χ4n) is 1.35. The Morgan fingerprint density at radius 1 is 1.30 bits per heavy atom. The van der Waals surface area contributed by atoms with Gasteiger partial charge in [0.15, 0.2) is 0 Å². The van der Waals surface area contributed by atoms with Gasteiger partial charge in [-0.2, -0.15) is 0 Å². The van der Waals surface area contributed by atoms with Crippen LogP contribution in [-0.4, -0.2) is 43.3 Å². The van der Waals surface area contributed by atoms with Crippen LogP contribution in [0.2, 0.25) is 0 Å². The number of carbonyl (C=O) groups is 2. The first-order chi connectivity index (χ1) is 9.50. The number of hydrogen-bond acceptors (Lipinski definition) is 3. The van der Waals surface area contributed by atoms with Crippen LogP contribution in [0.5, 0.6) is 0 Å². The smallest absolute Gasteiger partial charge is 0.337 e. The Morgan fingerprint density at radius 2 is 2.00 bits per heavy atom. The van der Waals surface area contributed by atoms with E-state index in [1.165, 1.54) is 18.2 Å². The number of nitrogens with one attached hydrogen (secondary N) is 2. The molecule has 0 unspecified atom stereocenters. The lowest BCUT2D eigenvalue weighted by atomic mass is 10.2. The van der Waals surface area contributed by atoms with Crippen LogP contribution < -0.4 is 10.6 Å². The Bertz CT molecular complexity index is 469. The molecular weight excluding hydrogens is 274 g/mol. The maximum absolute atomic E-state index is 11.7. The summed E-state index contributed by atoms with van der Waals surface area (Å²) in [5, 5.41) is 13.6. The summed E-state index contributed by atoms with van der Waals surface area (Å²) in [6, 6.07) is 5.26. The molecule has 0 saturated carbocycles. The third-order valence-electron chi connectivity index (χ3n) is 2.18. The second-order valence-electron chi connectivity index (χ2n) is 3.70. The third kappa shape index (κ3) is 5.61. The maximum Gasteiger partial charge on any atom is 0.337 e. The molecule has 20 heavy (non-hydrogen) atoms. The van der Waals surface area contributed by atoms with Crippen molar-refractivity contribution in [1.29, 1.82) is 0 Å². The molecule has 0 atom stereocenters. The van der Waals surface area contributed by atoms with Crippen LogP contribution in [0.1, 0.15) is 10.4 Å². The van der Waals surface area contributed by atoms with Crippen LogP contribution in [0, 0.1) is 0 Å². The minimum Gasteiger partial charge on any atom is -0.478 e. The third-order valence-corrected chi connectivity index (χ3v) is 2.18. The molecule has 1 aromatic carbocycles. The van der Waals surface area contributed by atoms with Gasteiger partial charge in [-0.25, -0.2) is 18.4 Å². The monoisotopic (exact) mass is 288 g/mol. The van der Waals surface area contributed by atoms with E-state index in [0.717, 1.165) is 0 Å². The number of benzene rings is 1. The first-order valence-corrected chi connectivity index (χ1v) is 5.73. The highest BCUT2D eigenvalue weighted by molar-refractivity contribution is 5.99. The number of rotatable bonds is 7. The van der Waals surface area contributed by atoms with E-state index < -0.39 is 25.0 Å². The van der Waals surface area contributed by atoms with Gasteiger partial charge in [0.2, 0.25) is 0 Å². The molecule has 8 heteroatoms. The molecule has 6 nitrogen and oxygen atoms in total. The van der Waals surface area contributed by atoms with E-state index in [1.807, 2.05) is 0 Å². The van der Waals surface area contributed by atoms with E-state index >= 15 is 0 Å². The zero-order valence-corrected chi connectivity index (χ0v) is 10.4. The number of anilines is 1. The quantitative estimate of drug-likeness (QED) is 0.667. The molecule has 0 spiro atoms. The second-order valence-corrected chi connectivity index (χ2v) is 3.70. The fraction of sp³-hybridized carbons (Fsp3) is 0.333. The van der Waals surface area contributed by atoms with Crippen molar-refractivity contribution >= 4 is 17.7 Å². The van der Waals surface area contributed by atoms with Gasteiger partial charge in [0, 0.05) is 6.54 Å². The number of aromatic carboxylic acids is 1. The van der Waals surface area contributed by atoms with Gasteiger partial charge in [-0.1, -0.05) is 12.1 Å². The van der Waals surface area contributed by atoms with Crippen LogP contribution in [0.3, 0.4) is 0 Å². The van der Waals surface area contributed by atoms with E-state index in [9.17, 15) is 18.4 Å². The van der Waals surface area contributed by atoms with Crippen molar-refractivity contribution in [3.8, 4) is 0 Å². The van der Waals surface area contributed by atoms with Crippen molar-refractivity contribution in [2.24, 2.45) is 0 Å². The molecule has 0 aromatic heterocycles. The number of para-hydroxylation sites is 1. The van der Waals surface area contributed by atoms with E-state index in [1.54, 1.807) is 6.07 Å². The Balaban J connectivity index is 2.37. The standard InChI is InChI=1S/C12H14F2N2O4/c13-10(14)7-20-6-5-15-12(19)16-9-4-2-1-3-8(9)11(17)18/h1-4,10H,5-7H2,(H,17,18)(H2,15,16,19). The van der Waals surface area contributed by atoms with Crippen molar-refractivity contribution < 1.29 is 28.2 Å². The maximum atomic E-state index is 11.7. The first kappa shape index (κ1) is 15.8. The van der Waals surface area contributed by atoms with Crippen molar-refractivity contribution in [3.63, 3.8) is 0 Å². The lowest BCUT2D eigenvalue weighted by molar-refractivity contribution is 0.0194. The van der Waals surface area contributed by atoms with Gasteiger partial charge in [0.05, 0.1) is 17.9 Å². The highest BCUT2D eigenvalue weighted by Crippen LogP contribution is 2.14. The molecular formula is C12H14F2N2O4. The molecule has 110 valence electrons. The number of ether oxygens (including phenoxy) is 1. The number of urea groups is 1. The molecule has 0 saturated heterocycles. The first-order valence-electron chi connectivity index (χ1n) is 5.73. The zero-order valence-electron chi connectivity index (χ0n) is 10.4. The molecule has 3 N–H and O–H groups in total. The van der Waals surface area contributed by atoms with Crippen molar-refractivity contribution in [3.05, 3.63) is 29.8 Å². The lowest BCUT2D eigenvalue weighted by Crippen LogP contribution is -2.32. The number of halogens is 2. The highest BCUT2D eigenvalue weighted by atomic mass is 19.3. The molecule has 1 rings (SSSR count). The Kier molecular flexibility index (Phi) is 6.38. The Morgan fingerprint density at radius 3 is 2.65 bits per heavy atom. The summed E-state index contributed by atoms with van der Waals surface area (Å²) < 4.78 is 28.1. The molecule has 0 aliphatic heterocycles. The number of carboxylic acids is 1. The molecule has 0 bridgehead atoms. The van der Waals surface area contributed by atoms with Gasteiger partial charge >= 0.3 is 12.0 Å². The Labute approximate surface area is 113 Å². The topological polar surface area (TPSA) is 87.7 Å². The van der Waals surface area contributed by atoms with Gasteiger partial charge in [-0.15, -0.1) is 0 Å². The molecule has 0 fully saturated rings. The summed E-state index contributed by atoms with van der Waals surface area (Å²) in [6.07, 6.45) is -2.55. The summed E-state index contributed by atoms with van der Waals surface area (Å²) in [5.74, 6) is -1.17. The summed E-state index contributed by atoms with van der Waals surface area (Å²) in [4.78, 5) is 22.4. The fourth-order valence-corrected chi connectivity index (χ4v) is 1.35. The van der Waals surface area contributed by atoms with Crippen LogP contribution in [0.25, 0.3) is 0 Å². The van der Waals surface area contributed by atoms with Gasteiger partial charge in [-0.3, -0.25) is 0 Å². The molecule has 2 amide bonds. The van der Waals surface area contributed by atoms with Crippen molar-refractivity contribution in [2.75, 3.05) is 25.1 Å². The lowest BCUT2D eigenvalue weighted by Gasteiger charge is -2.10. The van der Waals surface area contributed by atoms with Crippen molar-refractivity contribution in [1.82, 2.24) is 5.32 Å². The number of amides is 2. The molecule has 1 aromatic rings. The van der Waals surface area contributed by atoms with Crippen molar-refractivity contribution in [2.45, 2.75) is 6.43 Å². The predicted molar refractivity (Wildman–Crippen MR) is 67.2 cm³/mol. The van der Waals surface area contributed by atoms with E-state index in [-0.39, 0.29) is 24.4 Å². The zero-order chi connectivity index (χ0) is 15.0. The number of hydrogen-bond donors (Lipinski definition) is 3. The number of alkyl halides is 2. The average molecular weight is 288 g/mol. The second kappa shape index (κ2) is 8.05. The minimum atomic E-state index is -2.55. The summed E-state index contributed by atoms with van der Waals surface area (Å²) in [7, 11) is 0. The number of carboxylic acid groups (broad SMARTS) is 1. The normalized spacial score (nSPS) is 10.3. The van der Waals surface area contributed by atoms with Gasteiger partial charge < -0.3 is 20.5 Å².